The fourth-order valence-electron chi connectivity index (χ4n) is 3.26. The maximum absolute atomic E-state index is 12.7. The van der Waals surface area contributed by atoms with Gasteiger partial charge in [0.15, 0.2) is 0 Å². The molecule has 4 amide bonds. The van der Waals surface area contributed by atoms with Crippen LogP contribution in [0.15, 0.2) is 46.9 Å². The van der Waals surface area contributed by atoms with Gasteiger partial charge in [-0.15, -0.1) is 0 Å². The second-order valence-electron chi connectivity index (χ2n) is 6.25. The Hall–Kier alpha value is -3.00. The number of nitrogens with one attached hydrogen (secondary N) is 1. The van der Waals surface area contributed by atoms with Crippen LogP contribution in [0.1, 0.15) is 27.1 Å². The molecule has 7 nitrogen and oxygen atoms in total. The summed E-state index contributed by atoms with van der Waals surface area (Å²) in [6.07, 6.45) is -0.0613. The van der Waals surface area contributed by atoms with E-state index in [0.29, 0.717) is 27.0 Å². The van der Waals surface area contributed by atoms with Crippen molar-refractivity contribution in [1.82, 2.24) is 4.90 Å². The number of hydrogen-bond acceptors (Lipinski definition) is 4. The van der Waals surface area contributed by atoms with E-state index in [1.54, 1.807) is 42.5 Å². The highest BCUT2D eigenvalue weighted by molar-refractivity contribution is 9.10. The first-order valence-electron chi connectivity index (χ1n) is 8.30. The molecular weight excluding hydrogens is 414 g/mol. The van der Waals surface area contributed by atoms with Gasteiger partial charge in [0.1, 0.15) is 6.54 Å². The van der Waals surface area contributed by atoms with Gasteiger partial charge in [0.25, 0.3) is 11.8 Å². The van der Waals surface area contributed by atoms with Crippen LogP contribution in [0, 0.1) is 0 Å². The minimum Gasteiger partial charge on any atom is -0.323 e. The predicted octanol–water partition coefficient (Wildman–Crippen LogP) is 2.42. The lowest BCUT2D eigenvalue weighted by atomic mass is 10.1. The van der Waals surface area contributed by atoms with Crippen molar-refractivity contribution in [2.45, 2.75) is 6.42 Å². The third-order valence-electron chi connectivity index (χ3n) is 4.55. The highest BCUT2D eigenvalue weighted by atomic mass is 79.9. The number of rotatable bonds is 3. The number of halogens is 1. The van der Waals surface area contributed by atoms with E-state index in [4.69, 9.17) is 0 Å². The van der Waals surface area contributed by atoms with Crippen LogP contribution in [0.3, 0.4) is 0 Å². The number of para-hydroxylation sites is 2. The molecule has 2 heterocycles. The van der Waals surface area contributed by atoms with E-state index in [2.05, 4.69) is 21.2 Å². The first-order chi connectivity index (χ1) is 13.0. The highest BCUT2D eigenvalue weighted by Crippen LogP contribution is 2.30. The van der Waals surface area contributed by atoms with Gasteiger partial charge in [-0.3, -0.25) is 24.1 Å². The summed E-state index contributed by atoms with van der Waals surface area (Å²) in [5.41, 5.74) is 1.82. The molecule has 2 aromatic carbocycles. The third-order valence-corrected chi connectivity index (χ3v) is 5.05. The van der Waals surface area contributed by atoms with Crippen molar-refractivity contribution in [1.29, 1.82) is 0 Å². The Kier molecular flexibility index (Phi) is 4.27. The van der Waals surface area contributed by atoms with Gasteiger partial charge in [0.05, 0.1) is 22.5 Å². The molecule has 1 N–H and O–H groups in total. The van der Waals surface area contributed by atoms with Crippen molar-refractivity contribution in [3.63, 3.8) is 0 Å². The highest BCUT2D eigenvalue weighted by Gasteiger charge is 2.36. The number of hydrogen-bond donors (Lipinski definition) is 1. The van der Waals surface area contributed by atoms with Crippen molar-refractivity contribution in [3.8, 4) is 0 Å². The molecule has 0 bridgehead atoms. The monoisotopic (exact) mass is 427 g/mol. The number of imide groups is 1. The molecule has 136 valence electrons. The maximum Gasteiger partial charge on any atom is 0.261 e. The molecule has 0 aliphatic carbocycles. The van der Waals surface area contributed by atoms with Crippen LogP contribution in [-0.2, 0) is 9.59 Å². The Bertz CT molecular complexity index is 1000. The number of amides is 4. The third kappa shape index (κ3) is 3.02. The summed E-state index contributed by atoms with van der Waals surface area (Å²) in [6.45, 7) is -0.131. The zero-order valence-corrected chi connectivity index (χ0v) is 15.7. The first-order valence-corrected chi connectivity index (χ1v) is 9.10. The summed E-state index contributed by atoms with van der Waals surface area (Å²) in [6, 6.07) is 11.9. The summed E-state index contributed by atoms with van der Waals surface area (Å²) in [5.74, 6) is -1.43. The Morgan fingerprint density at radius 2 is 1.78 bits per heavy atom. The molecule has 4 rings (SSSR count). The summed E-state index contributed by atoms with van der Waals surface area (Å²) in [7, 11) is 0. The van der Waals surface area contributed by atoms with Crippen LogP contribution >= 0.6 is 15.9 Å². The molecule has 0 aromatic heterocycles. The minimum atomic E-state index is -0.416. The molecule has 0 saturated carbocycles. The van der Waals surface area contributed by atoms with Crippen molar-refractivity contribution in [3.05, 3.63) is 58.1 Å². The van der Waals surface area contributed by atoms with E-state index >= 15 is 0 Å². The van der Waals surface area contributed by atoms with Crippen molar-refractivity contribution >= 4 is 50.9 Å². The average Bonchev–Trinajstić information content (AvgIpc) is 2.89. The molecular formula is C19H14BrN3O4. The Balaban J connectivity index is 1.50. The Morgan fingerprint density at radius 3 is 2.59 bits per heavy atom. The average molecular weight is 428 g/mol. The number of fused-ring (bicyclic) bond motifs is 2. The molecule has 2 aliphatic heterocycles. The lowest BCUT2D eigenvalue weighted by Gasteiger charge is -2.29. The topological polar surface area (TPSA) is 86.8 Å². The zero-order chi connectivity index (χ0) is 19.1. The minimum absolute atomic E-state index is 0.0386. The van der Waals surface area contributed by atoms with Gasteiger partial charge >= 0.3 is 0 Å². The van der Waals surface area contributed by atoms with E-state index < -0.39 is 11.8 Å². The van der Waals surface area contributed by atoms with E-state index in [1.165, 1.54) is 4.90 Å². The van der Waals surface area contributed by atoms with Gasteiger partial charge in [-0.1, -0.05) is 28.1 Å². The van der Waals surface area contributed by atoms with Gasteiger partial charge in [-0.2, -0.15) is 0 Å². The van der Waals surface area contributed by atoms with Gasteiger partial charge in [0, 0.05) is 17.4 Å². The normalized spacial score (nSPS) is 15.5. The van der Waals surface area contributed by atoms with Crippen molar-refractivity contribution in [2.24, 2.45) is 0 Å². The van der Waals surface area contributed by atoms with E-state index in [1.807, 2.05) is 0 Å². The van der Waals surface area contributed by atoms with E-state index in [9.17, 15) is 19.2 Å². The second kappa shape index (κ2) is 6.62. The summed E-state index contributed by atoms with van der Waals surface area (Å²) >= 11 is 3.29. The maximum atomic E-state index is 12.7. The van der Waals surface area contributed by atoms with Gasteiger partial charge in [0.2, 0.25) is 11.8 Å². The largest absolute Gasteiger partial charge is 0.323 e. The van der Waals surface area contributed by atoms with Gasteiger partial charge in [-0.05, 0) is 30.3 Å². The Labute approximate surface area is 163 Å². The number of carbonyl (C=O) groups is 4. The number of nitrogens with zero attached hydrogens (tertiary/aromatic N) is 2. The number of benzene rings is 2. The molecule has 2 aliphatic rings. The zero-order valence-electron chi connectivity index (χ0n) is 14.1. The number of carbonyl (C=O) groups excluding carboxylic acids is 4. The van der Waals surface area contributed by atoms with E-state index in [0.717, 1.165) is 4.90 Å². The van der Waals surface area contributed by atoms with Crippen LogP contribution < -0.4 is 10.2 Å². The van der Waals surface area contributed by atoms with Crippen molar-refractivity contribution < 1.29 is 19.2 Å². The quantitative estimate of drug-likeness (QED) is 0.761. The Morgan fingerprint density at radius 1 is 1.04 bits per heavy atom. The second-order valence-corrected chi connectivity index (χ2v) is 7.16. The summed E-state index contributed by atoms with van der Waals surface area (Å²) in [5, 5.41) is 2.72. The van der Waals surface area contributed by atoms with Crippen LogP contribution in [0.4, 0.5) is 11.4 Å². The molecule has 0 radical (unpaired) electrons. The van der Waals surface area contributed by atoms with Crippen LogP contribution in [-0.4, -0.2) is 41.6 Å². The van der Waals surface area contributed by atoms with Crippen LogP contribution in [0.5, 0.6) is 0 Å². The standard InChI is InChI=1S/C19H14BrN3O4/c20-11-5-6-12-13(9-11)19(27)22(18(12)26)8-7-17(25)23-10-16(24)21-14-3-1-2-4-15(14)23/h1-6,9H,7-8,10H2,(H,21,24). The lowest BCUT2D eigenvalue weighted by Crippen LogP contribution is -2.43. The fraction of sp³-hybridized carbons (Fsp3) is 0.158. The first kappa shape index (κ1) is 17.4. The van der Waals surface area contributed by atoms with E-state index in [-0.39, 0.29) is 31.3 Å². The molecule has 0 atom stereocenters. The fourth-order valence-corrected chi connectivity index (χ4v) is 3.63. The molecule has 0 fully saturated rings. The molecule has 27 heavy (non-hydrogen) atoms. The number of anilines is 2. The smallest absolute Gasteiger partial charge is 0.261 e. The summed E-state index contributed by atoms with van der Waals surface area (Å²) in [4.78, 5) is 52.0. The van der Waals surface area contributed by atoms with Crippen LogP contribution in [0.2, 0.25) is 0 Å². The predicted molar refractivity (Wildman–Crippen MR) is 102 cm³/mol. The molecule has 0 unspecified atom stereocenters. The molecule has 2 aromatic rings. The van der Waals surface area contributed by atoms with Gasteiger partial charge in [-0.25, -0.2) is 0 Å². The van der Waals surface area contributed by atoms with Crippen LogP contribution in [0.25, 0.3) is 0 Å². The molecule has 0 saturated heterocycles. The summed E-state index contributed by atoms with van der Waals surface area (Å²) < 4.78 is 0.705. The van der Waals surface area contributed by atoms with Gasteiger partial charge < -0.3 is 10.2 Å². The SMILES string of the molecule is O=C1CN(C(=O)CCN2C(=O)c3ccc(Br)cc3C2=O)c2ccccc2N1. The molecule has 8 heteroatoms. The lowest BCUT2D eigenvalue weighted by molar-refractivity contribution is -0.122. The van der Waals surface area contributed by atoms with Crippen molar-refractivity contribution in [2.75, 3.05) is 23.3 Å². The molecule has 0 spiro atoms.